The average molecular weight is 505 g/mol. The number of aliphatic hydroxyl groups excluding tert-OH is 1. The largest absolute Gasteiger partial charge is 0.395 e. The monoisotopic (exact) mass is 504 g/mol. The molecule has 0 amide bonds. The molecule has 0 aromatic heterocycles. The number of hydrogen-bond donors (Lipinski definition) is 1. The number of benzene rings is 3. The Morgan fingerprint density at radius 1 is 0.889 bits per heavy atom. The van der Waals surface area contributed by atoms with E-state index in [-0.39, 0.29) is 24.6 Å². The maximum Gasteiger partial charge on any atom is 0.243 e. The Morgan fingerprint density at radius 2 is 1.61 bits per heavy atom. The van der Waals surface area contributed by atoms with Crippen molar-refractivity contribution in [2.24, 2.45) is 0 Å². The van der Waals surface area contributed by atoms with Crippen LogP contribution >= 0.6 is 0 Å². The molecule has 3 aromatic carbocycles. The molecule has 2 aliphatic rings. The van der Waals surface area contributed by atoms with Crippen molar-refractivity contribution in [1.82, 2.24) is 9.21 Å². The van der Waals surface area contributed by atoms with Gasteiger partial charge in [-0.3, -0.25) is 4.90 Å². The quantitative estimate of drug-likeness (QED) is 0.537. The normalized spacial score (nSPS) is 23.4. The van der Waals surface area contributed by atoms with Crippen LogP contribution in [0.3, 0.4) is 0 Å². The van der Waals surface area contributed by atoms with Gasteiger partial charge < -0.3 is 5.11 Å². The van der Waals surface area contributed by atoms with Crippen LogP contribution in [-0.2, 0) is 10.0 Å². The third kappa shape index (κ3) is 4.52. The first kappa shape index (κ1) is 25.2. The Hall–Kier alpha value is -2.51. The summed E-state index contributed by atoms with van der Waals surface area (Å²) in [5.74, 6) is 0.0929. The minimum absolute atomic E-state index is 0.0164. The molecule has 3 atom stereocenters. The van der Waals surface area contributed by atoms with Gasteiger partial charge in [-0.15, -0.1) is 0 Å². The van der Waals surface area contributed by atoms with Gasteiger partial charge in [0.1, 0.15) is 0 Å². The molecule has 0 aliphatic carbocycles. The smallest absolute Gasteiger partial charge is 0.243 e. The van der Waals surface area contributed by atoms with Crippen LogP contribution in [0.5, 0.6) is 0 Å². The Morgan fingerprint density at radius 3 is 2.33 bits per heavy atom. The highest BCUT2D eigenvalue weighted by atomic mass is 32.2. The van der Waals surface area contributed by atoms with Gasteiger partial charge in [0.05, 0.1) is 11.5 Å². The van der Waals surface area contributed by atoms with Crippen LogP contribution in [0.25, 0.3) is 11.1 Å². The van der Waals surface area contributed by atoms with Crippen molar-refractivity contribution in [2.75, 3.05) is 26.2 Å². The molecule has 5 nitrogen and oxygen atoms in total. The molecule has 5 rings (SSSR count). The van der Waals surface area contributed by atoms with E-state index in [1.54, 1.807) is 16.4 Å². The van der Waals surface area contributed by atoms with Crippen LogP contribution < -0.4 is 0 Å². The topological polar surface area (TPSA) is 60.9 Å². The Labute approximate surface area is 215 Å². The van der Waals surface area contributed by atoms with Crippen LogP contribution in [0.1, 0.15) is 41.0 Å². The van der Waals surface area contributed by atoms with Crippen molar-refractivity contribution in [2.45, 2.75) is 56.5 Å². The first-order valence-electron chi connectivity index (χ1n) is 12.9. The fraction of sp³-hybridized carbons (Fsp3) is 0.400. The number of nitrogens with zero attached hydrogens (tertiary/aromatic N) is 2. The number of rotatable bonds is 5. The fourth-order valence-electron chi connectivity index (χ4n) is 6.04. The molecule has 0 saturated carbocycles. The molecule has 1 unspecified atom stereocenters. The summed E-state index contributed by atoms with van der Waals surface area (Å²) in [4.78, 5) is 2.72. The summed E-state index contributed by atoms with van der Waals surface area (Å²) in [7, 11) is -3.59. The van der Waals surface area contributed by atoms with E-state index in [0.717, 1.165) is 30.5 Å². The number of fused-ring (bicyclic) bond motifs is 1. The minimum Gasteiger partial charge on any atom is -0.395 e. The first-order valence-corrected chi connectivity index (χ1v) is 14.3. The van der Waals surface area contributed by atoms with Gasteiger partial charge in [-0.1, -0.05) is 66.2 Å². The predicted molar refractivity (Wildman–Crippen MR) is 145 cm³/mol. The van der Waals surface area contributed by atoms with E-state index < -0.39 is 10.0 Å². The van der Waals surface area contributed by atoms with Gasteiger partial charge in [0.2, 0.25) is 10.0 Å². The summed E-state index contributed by atoms with van der Waals surface area (Å²) in [6.45, 7) is 8.04. The molecule has 2 aliphatic heterocycles. The van der Waals surface area contributed by atoms with Crippen molar-refractivity contribution < 1.29 is 13.5 Å². The van der Waals surface area contributed by atoms with Crippen molar-refractivity contribution in [3.8, 4) is 11.1 Å². The van der Waals surface area contributed by atoms with Crippen molar-refractivity contribution >= 4 is 10.0 Å². The molecule has 0 spiro atoms. The highest BCUT2D eigenvalue weighted by Crippen LogP contribution is 2.43. The fourth-order valence-corrected chi connectivity index (χ4v) is 7.77. The van der Waals surface area contributed by atoms with E-state index in [0.29, 0.717) is 18.0 Å². The van der Waals surface area contributed by atoms with Crippen molar-refractivity contribution in [3.05, 3.63) is 89.0 Å². The molecular weight excluding hydrogens is 468 g/mol. The average Bonchev–Trinajstić information content (AvgIpc) is 2.85. The standard InChI is InChI=1S/C30H36N2O3S/c1-21-10-11-22(2)26(18-21)24-12-14-25(15-13-24)30-27-19-31(16-6-7-17-32(27)28(30)20-33)36(34,35)29-9-5-4-8-23(29)3/h4-5,8-15,18,27-28,30,33H,6-7,16-17,19-20H2,1-3H3/t27?,28-,30+/m1/s1. The van der Waals surface area contributed by atoms with E-state index >= 15 is 0 Å². The number of aliphatic hydroxyl groups is 1. The van der Waals surface area contributed by atoms with Gasteiger partial charge in [0, 0.05) is 31.1 Å². The third-order valence-electron chi connectivity index (χ3n) is 8.04. The van der Waals surface area contributed by atoms with E-state index in [4.69, 9.17) is 0 Å². The first-order chi connectivity index (χ1) is 17.3. The number of hydrogen-bond acceptors (Lipinski definition) is 4. The van der Waals surface area contributed by atoms with E-state index in [9.17, 15) is 13.5 Å². The lowest BCUT2D eigenvalue weighted by molar-refractivity contribution is -0.0553. The third-order valence-corrected chi connectivity index (χ3v) is 10.1. The highest BCUT2D eigenvalue weighted by Gasteiger charge is 2.50. The molecular formula is C30H36N2O3S. The zero-order chi connectivity index (χ0) is 25.4. The molecule has 6 heteroatoms. The van der Waals surface area contributed by atoms with Crippen LogP contribution in [0, 0.1) is 20.8 Å². The summed E-state index contributed by atoms with van der Waals surface area (Å²) in [6, 6.07) is 22.5. The second kappa shape index (κ2) is 10.1. The molecule has 1 N–H and O–H groups in total. The van der Waals surface area contributed by atoms with E-state index in [1.807, 2.05) is 19.1 Å². The van der Waals surface area contributed by atoms with Crippen molar-refractivity contribution in [3.63, 3.8) is 0 Å². The number of sulfonamides is 1. The van der Waals surface area contributed by atoms with Gasteiger partial charge in [-0.05, 0) is 74.0 Å². The van der Waals surface area contributed by atoms with Crippen LogP contribution in [0.2, 0.25) is 0 Å². The van der Waals surface area contributed by atoms with E-state index in [2.05, 4.69) is 61.2 Å². The predicted octanol–water partition coefficient (Wildman–Crippen LogP) is 4.89. The van der Waals surface area contributed by atoms with Crippen LogP contribution in [0.15, 0.2) is 71.6 Å². The zero-order valence-corrected chi connectivity index (χ0v) is 22.2. The molecule has 2 saturated heterocycles. The van der Waals surface area contributed by atoms with Gasteiger partial charge in [-0.25, -0.2) is 8.42 Å². The maximum atomic E-state index is 13.7. The van der Waals surface area contributed by atoms with Gasteiger partial charge in [-0.2, -0.15) is 4.31 Å². The molecule has 190 valence electrons. The van der Waals surface area contributed by atoms with Crippen LogP contribution in [-0.4, -0.2) is 61.1 Å². The summed E-state index contributed by atoms with van der Waals surface area (Å²) in [5.41, 5.74) is 6.83. The maximum absolute atomic E-state index is 13.7. The van der Waals surface area contributed by atoms with Gasteiger partial charge in [0.25, 0.3) is 0 Å². The molecule has 0 bridgehead atoms. The van der Waals surface area contributed by atoms with Crippen molar-refractivity contribution in [1.29, 1.82) is 0 Å². The number of aryl methyl sites for hydroxylation is 3. The summed E-state index contributed by atoms with van der Waals surface area (Å²) >= 11 is 0. The summed E-state index contributed by atoms with van der Waals surface area (Å²) in [5, 5.41) is 10.3. The second-order valence-corrected chi connectivity index (χ2v) is 12.3. The lowest BCUT2D eigenvalue weighted by atomic mass is 9.74. The summed E-state index contributed by atoms with van der Waals surface area (Å²) in [6.07, 6.45) is 1.74. The Bertz CT molecular complexity index is 1340. The zero-order valence-electron chi connectivity index (χ0n) is 21.4. The van der Waals surface area contributed by atoms with E-state index in [1.165, 1.54) is 22.3 Å². The Kier molecular flexibility index (Phi) is 7.05. The minimum atomic E-state index is -3.59. The lowest BCUT2D eigenvalue weighted by Gasteiger charge is -2.57. The van der Waals surface area contributed by atoms with Gasteiger partial charge >= 0.3 is 0 Å². The summed E-state index contributed by atoms with van der Waals surface area (Å²) < 4.78 is 29.0. The lowest BCUT2D eigenvalue weighted by Crippen LogP contribution is -2.67. The molecule has 3 aromatic rings. The highest BCUT2D eigenvalue weighted by molar-refractivity contribution is 7.89. The molecule has 0 radical (unpaired) electrons. The molecule has 36 heavy (non-hydrogen) atoms. The molecule has 2 heterocycles. The Balaban J connectivity index is 1.44. The van der Waals surface area contributed by atoms with Crippen LogP contribution in [0.4, 0.5) is 0 Å². The second-order valence-electron chi connectivity index (χ2n) is 10.4. The molecule has 2 fully saturated rings. The SMILES string of the molecule is Cc1ccc(C)c(-c2ccc([C@H]3C4CN(S(=O)(=O)c5ccccc5C)CCCCN4[C@@H]3CO)cc2)c1. The van der Waals surface area contributed by atoms with Gasteiger partial charge in [0.15, 0.2) is 0 Å².